The molecule has 1 aliphatic rings. The van der Waals surface area contributed by atoms with E-state index in [1.54, 1.807) is 43.4 Å². The van der Waals surface area contributed by atoms with Crippen LogP contribution in [0.25, 0.3) is 0 Å². The lowest BCUT2D eigenvalue weighted by Crippen LogP contribution is -2.42. The Labute approximate surface area is 194 Å². The predicted octanol–water partition coefficient (Wildman–Crippen LogP) is 3.32. The quantitative estimate of drug-likeness (QED) is 0.502. The average Bonchev–Trinajstić information content (AvgIpc) is 3.15. The largest absolute Gasteiger partial charge is 0.452 e. The number of hydrogen-bond donors (Lipinski definition) is 4. The van der Waals surface area contributed by atoms with Crippen molar-refractivity contribution < 1.29 is 19.1 Å². The molecule has 3 rings (SSSR count). The van der Waals surface area contributed by atoms with E-state index in [1.807, 2.05) is 12.1 Å². The van der Waals surface area contributed by atoms with E-state index in [2.05, 4.69) is 26.3 Å². The Bertz CT molecular complexity index is 1110. The van der Waals surface area contributed by atoms with Crippen LogP contribution in [0.15, 0.2) is 48.2 Å². The Hall–Kier alpha value is -3.27. The number of anilines is 1. The van der Waals surface area contributed by atoms with Gasteiger partial charge in [-0.05, 0) is 36.2 Å². The fourth-order valence-electron chi connectivity index (χ4n) is 3.23. The molecule has 1 heterocycles. The molecule has 0 aliphatic carbocycles. The Morgan fingerprint density at radius 1 is 1.09 bits per heavy atom. The van der Waals surface area contributed by atoms with Crippen molar-refractivity contribution >= 4 is 46.8 Å². The number of rotatable bonds is 4. The van der Waals surface area contributed by atoms with Gasteiger partial charge in [-0.1, -0.05) is 41.4 Å². The maximum absolute atomic E-state index is 13.2. The zero-order chi connectivity index (χ0) is 23.4. The second-order valence-electron chi connectivity index (χ2n) is 6.95. The summed E-state index contributed by atoms with van der Waals surface area (Å²) in [4.78, 5) is 37.1. The van der Waals surface area contributed by atoms with Gasteiger partial charge < -0.3 is 15.1 Å². The van der Waals surface area contributed by atoms with Gasteiger partial charge in [-0.3, -0.25) is 15.0 Å². The van der Waals surface area contributed by atoms with Crippen molar-refractivity contribution in [2.24, 2.45) is 0 Å². The predicted molar refractivity (Wildman–Crippen MR) is 121 cm³/mol. The lowest BCUT2D eigenvalue weighted by atomic mass is 9.99. The van der Waals surface area contributed by atoms with Crippen LogP contribution in [0.5, 0.6) is 0 Å². The molecule has 0 saturated heterocycles. The van der Waals surface area contributed by atoms with Gasteiger partial charge >= 0.3 is 6.09 Å². The molecule has 1 atom stereocenters. The smallest absolute Gasteiger partial charge is 0.425 e. The highest BCUT2D eigenvalue weighted by Crippen LogP contribution is 2.33. The van der Waals surface area contributed by atoms with Crippen molar-refractivity contribution in [3.05, 3.63) is 74.9 Å². The van der Waals surface area contributed by atoms with E-state index in [0.29, 0.717) is 21.2 Å². The molecule has 0 radical (unpaired) electrons. The molecule has 168 valence electrons. The number of nitrogens with zero attached hydrogens (tertiary/aromatic N) is 1. The summed E-state index contributed by atoms with van der Waals surface area (Å²) in [5, 5.41) is 5.25. The van der Waals surface area contributed by atoms with Gasteiger partial charge in [0.2, 0.25) is 0 Å². The molecule has 4 N–H and O–H groups in total. The summed E-state index contributed by atoms with van der Waals surface area (Å²) >= 11 is 12.4. The minimum Gasteiger partial charge on any atom is -0.452 e. The number of ether oxygens (including phenoxy) is 1. The Balaban J connectivity index is 1.90. The van der Waals surface area contributed by atoms with Crippen LogP contribution in [-0.4, -0.2) is 37.1 Å². The van der Waals surface area contributed by atoms with Crippen LogP contribution < -0.4 is 21.6 Å². The topological polar surface area (TPSA) is 112 Å². The number of hydrazine groups is 2. The number of nitrogens with one attached hydrogen (secondary N) is 4. The van der Waals surface area contributed by atoms with Crippen LogP contribution in [0.1, 0.15) is 27.5 Å². The second kappa shape index (κ2) is 9.90. The van der Waals surface area contributed by atoms with E-state index in [0.717, 1.165) is 12.7 Å². The molecule has 0 saturated carbocycles. The highest BCUT2D eigenvalue weighted by atomic mass is 35.5. The molecule has 0 spiro atoms. The highest BCUT2D eigenvalue weighted by molar-refractivity contribution is 6.32. The lowest BCUT2D eigenvalue weighted by molar-refractivity contribution is -0.113. The number of halogens is 2. The number of hydrogen-bond acceptors (Lipinski definition) is 6. The van der Waals surface area contributed by atoms with Crippen LogP contribution in [-0.2, 0) is 9.53 Å². The first kappa shape index (κ1) is 23.4. The fourth-order valence-corrected chi connectivity index (χ4v) is 3.75. The van der Waals surface area contributed by atoms with Crippen LogP contribution in [0.4, 0.5) is 10.5 Å². The van der Waals surface area contributed by atoms with Crippen molar-refractivity contribution in [3.8, 4) is 0 Å². The van der Waals surface area contributed by atoms with Crippen molar-refractivity contribution in [1.29, 1.82) is 0 Å². The zero-order valence-corrected chi connectivity index (χ0v) is 19.0. The summed E-state index contributed by atoms with van der Waals surface area (Å²) in [5.41, 5.74) is 9.46. The first-order valence-electron chi connectivity index (χ1n) is 9.42. The molecule has 2 aromatic carbocycles. The van der Waals surface area contributed by atoms with Crippen LogP contribution in [0.2, 0.25) is 10.0 Å². The SMILES string of the molecule is COC(=O)NNC(=O)c1cc(Cl)cc(C)c1NC(=O)C1=CN(C)NC1c1ccccc1Cl. The Morgan fingerprint density at radius 3 is 2.50 bits per heavy atom. The molecule has 32 heavy (non-hydrogen) atoms. The number of carbonyl (C=O) groups is 3. The van der Waals surface area contributed by atoms with E-state index in [9.17, 15) is 14.4 Å². The molecule has 1 unspecified atom stereocenters. The second-order valence-corrected chi connectivity index (χ2v) is 7.79. The monoisotopic (exact) mass is 477 g/mol. The van der Waals surface area contributed by atoms with E-state index in [4.69, 9.17) is 23.2 Å². The summed E-state index contributed by atoms with van der Waals surface area (Å²) in [6.45, 7) is 1.70. The summed E-state index contributed by atoms with van der Waals surface area (Å²) in [6.07, 6.45) is 0.795. The van der Waals surface area contributed by atoms with Gasteiger partial charge in [0.05, 0.1) is 30.0 Å². The van der Waals surface area contributed by atoms with Crippen LogP contribution >= 0.6 is 23.2 Å². The van der Waals surface area contributed by atoms with Crippen molar-refractivity contribution in [1.82, 2.24) is 21.3 Å². The number of amides is 3. The first-order chi connectivity index (χ1) is 15.2. The van der Waals surface area contributed by atoms with Gasteiger partial charge in [0.25, 0.3) is 11.8 Å². The Kier molecular flexibility index (Phi) is 7.24. The third-order valence-corrected chi connectivity index (χ3v) is 5.26. The summed E-state index contributed by atoms with van der Waals surface area (Å²) in [5.74, 6) is -1.12. The van der Waals surface area contributed by atoms with Gasteiger partial charge in [0, 0.05) is 23.3 Å². The van der Waals surface area contributed by atoms with E-state index in [1.165, 1.54) is 6.07 Å². The van der Waals surface area contributed by atoms with Crippen molar-refractivity contribution in [3.63, 3.8) is 0 Å². The number of methoxy groups -OCH3 is 1. The molecule has 11 heteroatoms. The minimum atomic E-state index is -0.851. The molecule has 9 nitrogen and oxygen atoms in total. The molecule has 3 amide bonds. The molecular weight excluding hydrogens is 457 g/mol. The van der Waals surface area contributed by atoms with Gasteiger partial charge in [-0.25, -0.2) is 15.6 Å². The molecular formula is C21H21Cl2N5O4. The van der Waals surface area contributed by atoms with Gasteiger partial charge in [0.1, 0.15) is 0 Å². The highest BCUT2D eigenvalue weighted by Gasteiger charge is 2.31. The average molecular weight is 478 g/mol. The first-order valence-corrected chi connectivity index (χ1v) is 10.2. The zero-order valence-electron chi connectivity index (χ0n) is 17.5. The van der Waals surface area contributed by atoms with Gasteiger partial charge in [-0.2, -0.15) is 0 Å². The lowest BCUT2D eigenvalue weighted by Gasteiger charge is -2.20. The minimum absolute atomic E-state index is 0.0638. The van der Waals surface area contributed by atoms with E-state index in [-0.39, 0.29) is 11.3 Å². The number of carbonyl (C=O) groups excluding carboxylic acids is 3. The van der Waals surface area contributed by atoms with E-state index < -0.39 is 23.9 Å². The molecule has 0 fully saturated rings. The molecule has 2 aromatic rings. The van der Waals surface area contributed by atoms with Gasteiger partial charge in [-0.15, -0.1) is 0 Å². The maximum atomic E-state index is 13.2. The normalized spacial score (nSPS) is 15.1. The van der Waals surface area contributed by atoms with Crippen LogP contribution in [0, 0.1) is 6.92 Å². The van der Waals surface area contributed by atoms with Crippen LogP contribution in [0.3, 0.4) is 0 Å². The summed E-state index contributed by atoms with van der Waals surface area (Å²) in [6, 6.07) is 9.71. The van der Waals surface area contributed by atoms with Crippen molar-refractivity contribution in [2.45, 2.75) is 13.0 Å². The third kappa shape index (κ3) is 5.13. The number of benzene rings is 2. The molecule has 0 aromatic heterocycles. The summed E-state index contributed by atoms with van der Waals surface area (Å²) in [7, 11) is 2.92. The third-order valence-electron chi connectivity index (χ3n) is 4.70. The van der Waals surface area contributed by atoms with Gasteiger partial charge in [0.15, 0.2) is 0 Å². The fraction of sp³-hybridized carbons (Fsp3) is 0.190. The number of aryl methyl sites for hydroxylation is 1. The standard InChI is InChI=1S/C21H21Cl2N5O4/c1-11-8-12(22)9-14(20(30)25-26-21(31)32-3)17(11)24-19(29)15-10-28(2)27-18(15)13-6-4-5-7-16(13)23/h4-10,18,27H,1-3H3,(H,24,29)(H,25,30)(H,26,31). The maximum Gasteiger partial charge on any atom is 0.425 e. The molecule has 1 aliphatic heterocycles. The van der Waals surface area contributed by atoms with E-state index >= 15 is 0 Å². The van der Waals surface area contributed by atoms with Crippen molar-refractivity contribution in [2.75, 3.05) is 19.5 Å². The summed E-state index contributed by atoms with van der Waals surface area (Å²) < 4.78 is 4.43. The Morgan fingerprint density at radius 2 is 1.81 bits per heavy atom. The molecule has 0 bridgehead atoms.